The van der Waals surface area contributed by atoms with Crippen LogP contribution in [0.2, 0.25) is 0 Å². The van der Waals surface area contributed by atoms with Crippen molar-refractivity contribution in [1.29, 1.82) is 0 Å². The predicted octanol–water partition coefficient (Wildman–Crippen LogP) is -9.86. The number of rotatable bonds is 0. The summed E-state index contributed by atoms with van der Waals surface area (Å²) in [4.78, 5) is 12.2. The predicted molar refractivity (Wildman–Crippen MR) is 87.5 cm³/mol. The van der Waals surface area contributed by atoms with Gasteiger partial charge in [0.05, 0.1) is 0 Å². The molecule has 31 heavy (non-hydrogen) atoms. The van der Waals surface area contributed by atoms with Crippen LogP contribution in [0, 0.1) is 20.5 Å². The number of hydrogen-bond donors (Lipinski definition) is 0. The Hall–Kier alpha value is 0.566. The van der Waals surface area contributed by atoms with E-state index in [4.69, 9.17) is 37.3 Å². The van der Waals surface area contributed by atoms with E-state index in [1.807, 2.05) is 0 Å². The zero-order valence-electron chi connectivity index (χ0n) is 18.7. The smallest absolute Gasteiger partial charge is 0.304 e. The standard InChI is InChI=1S/C15H35N5.2ClHO4.Co/c1-16-6-8-17(2)10-12-19(4)14-15-20(5)13-11-18(3)9-7-16;2*2-1(3,4)5;/h6-15H2,1-5H3;2*(H,2,3,4,5);/q;;;+2/p-2. The number of nitrogens with zero attached hydrogens (tertiary/aromatic N) is 5. The molecule has 1 fully saturated rings. The van der Waals surface area contributed by atoms with Gasteiger partial charge in [-0.1, -0.05) is 0 Å². The van der Waals surface area contributed by atoms with Crippen LogP contribution in [0.5, 0.6) is 0 Å². The van der Waals surface area contributed by atoms with E-state index < -0.39 is 20.5 Å². The summed E-state index contributed by atoms with van der Waals surface area (Å²) in [6.07, 6.45) is 0. The Bertz CT molecular complexity index is 322. The average molecular weight is 543 g/mol. The Morgan fingerprint density at radius 3 is 0.484 bits per heavy atom. The van der Waals surface area contributed by atoms with Crippen molar-refractivity contribution in [3.63, 3.8) is 0 Å². The van der Waals surface area contributed by atoms with Crippen molar-refractivity contribution in [1.82, 2.24) is 24.5 Å². The summed E-state index contributed by atoms with van der Waals surface area (Å²) in [5.74, 6) is 0. The van der Waals surface area contributed by atoms with Crippen molar-refractivity contribution in [2.24, 2.45) is 0 Å². The van der Waals surface area contributed by atoms with Gasteiger partial charge in [0.25, 0.3) is 0 Å². The third-order valence-corrected chi connectivity index (χ3v) is 4.32. The molecule has 1 aliphatic rings. The average Bonchev–Trinajstić information content (AvgIpc) is 2.56. The van der Waals surface area contributed by atoms with Gasteiger partial charge in [-0.3, -0.25) is 0 Å². The molecule has 1 heterocycles. The van der Waals surface area contributed by atoms with Gasteiger partial charge in [0.1, 0.15) is 0 Å². The van der Waals surface area contributed by atoms with E-state index in [-0.39, 0.29) is 16.8 Å². The van der Waals surface area contributed by atoms with Gasteiger partial charge in [-0.25, -0.2) is 37.3 Å². The molecular formula is C15H35Cl2CoN5O8. The summed E-state index contributed by atoms with van der Waals surface area (Å²) < 4.78 is 67.9. The van der Waals surface area contributed by atoms with Crippen LogP contribution in [0.3, 0.4) is 0 Å². The molecule has 191 valence electrons. The minimum absolute atomic E-state index is 0. The summed E-state index contributed by atoms with van der Waals surface area (Å²) in [7, 11) is 1.28. The van der Waals surface area contributed by atoms with Gasteiger partial charge in [0, 0.05) is 65.4 Å². The molecule has 0 atom stereocenters. The monoisotopic (exact) mass is 542 g/mol. The third-order valence-electron chi connectivity index (χ3n) is 4.32. The summed E-state index contributed by atoms with van der Waals surface area (Å²) in [5.41, 5.74) is 0. The van der Waals surface area contributed by atoms with Gasteiger partial charge >= 0.3 is 16.8 Å². The van der Waals surface area contributed by atoms with Crippen molar-refractivity contribution in [2.45, 2.75) is 0 Å². The Kier molecular flexibility index (Phi) is 22.1. The molecule has 1 rings (SSSR count). The second-order valence-corrected chi connectivity index (χ2v) is 8.78. The molecule has 0 unspecified atom stereocenters. The molecule has 16 heteroatoms. The Labute approximate surface area is 199 Å². The van der Waals surface area contributed by atoms with E-state index in [1.54, 1.807) is 0 Å². The first kappa shape index (κ1) is 36.1. The quantitative estimate of drug-likeness (QED) is 0.279. The fourth-order valence-electron chi connectivity index (χ4n) is 2.27. The fourth-order valence-corrected chi connectivity index (χ4v) is 2.27. The van der Waals surface area contributed by atoms with Crippen LogP contribution in [0.4, 0.5) is 0 Å². The first-order chi connectivity index (χ1) is 13.5. The number of hydrogen-bond acceptors (Lipinski definition) is 13. The van der Waals surface area contributed by atoms with Crippen molar-refractivity contribution in [2.75, 3.05) is 101 Å². The molecule has 0 aromatic heterocycles. The molecule has 0 aliphatic carbocycles. The van der Waals surface area contributed by atoms with Gasteiger partial charge in [0.2, 0.25) is 0 Å². The topological polar surface area (TPSA) is 201 Å². The maximum Gasteiger partial charge on any atom is 2.00 e. The molecule has 0 amide bonds. The van der Waals surface area contributed by atoms with Crippen molar-refractivity contribution in [3.05, 3.63) is 0 Å². The summed E-state index contributed by atoms with van der Waals surface area (Å²) in [6.45, 7) is 11.6. The first-order valence-corrected chi connectivity index (χ1v) is 11.6. The van der Waals surface area contributed by atoms with Gasteiger partial charge in [-0.2, -0.15) is 0 Å². The van der Waals surface area contributed by atoms with Gasteiger partial charge in [0.15, 0.2) is 0 Å². The van der Waals surface area contributed by atoms with Gasteiger partial charge < -0.3 is 24.5 Å². The maximum atomic E-state index is 8.49. The van der Waals surface area contributed by atoms with Crippen LogP contribution in [-0.2, 0) is 16.8 Å². The van der Waals surface area contributed by atoms with E-state index in [0.29, 0.717) is 0 Å². The van der Waals surface area contributed by atoms with Crippen LogP contribution in [-0.4, -0.2) is 125 Å². The molecule has 0 saturated carbocycles. The van der Waals surface area contributed by atoms with Crippen molar-refractivity contribution >= 4 is 0 Å². The normalized spacial score (nSPS) is 20.8. The Balaban J connectivity index is -0.000000595. The zero-order valence-corrected chi connectivity index (χ0v) is 21.2. The summed E-state index contributed by atoms with van der Waals surface area (Å²) in [6, 6.07) is 0. The minimum atomic E-state index is -4.94. The third kappa shape index (κ3) is 38.2. The van der Waals surface area contributed by atoms with Gasteiger partial charge in [-0.05, 0) is 35.2 Å². The maximum absolute atomic E-state index is 8.49. The Morgan fingerprint density at radius 1 is 0.355 bits per heavy atom. The molecule has 1 saturated heterocycles. The second kappa shape index (κ2) is 18.9. The molecule has 0 N–H and O–H groups in total. The van der Waals surface area contributed by atoms with E-state index in [9.17, 15) is 0 Å². The van der Waals surface area contributed by atoms with Crippen LogP contribution < -0.4 is 37.3 Å². The van der Waals surface area contributed by atoms with E-state index in [1.165, 1.54) is 0 Å². The van der Waals surface area contributed by atoms with E-state index in [0.717, 1.165) is 65.4 Å². The van der Waals surface area contributed by atoms with Crippen molar-refractivity contribution in [3.8, 4) is 0 Å². The number of halogens is 2. The minimum Gasteiger partial charge on any atom is -0.304 e. The molecule has 0 spiro atoms. The second-order valence-electron chi connectivity index (χ2n) is 7.27. The molecule has 1 radical (unpaired) electrons. The molecule has 0 aromatic carbocycles. The first-order valence-electron chi connectivity index (χ1n) is 9.13. The van der Waals surface area contributed by atoms with E-state index >= 15 is 0 Å². The molecule has 13 nitrogen and oxygen atoms in total. The molecular weight excluding hydrogens is 508 g/mol. The zero-order chi connectivity index (χ0) is 24.0. The molecule has 1 aliphatic heterocycles. The number of likely N-dealkylation sites (N-methyl/N-ethyl adjacent to an activating group) is 5. The molecule has 0 aromatic rings. The summed E-state index contributed by atoms with van der Waals surface area (Å²) in [5, 5.41) is 0. The largest absolute Gasteiger partial charge is 2.00 e. The van der Waals surface area contributed by atoms with Crippen LogP contribution >= 0.6 is 0 Å². The summed E-state index contributed by atoms with van der Waals surface area (Å²) >= 11 is 0. The van der Waals surface area contributed by atoms with Crippen LogP contribution in [0.1, 0.15) is 0 Å². The van der Waals surface area contributed by atoms with Gasteiger partial charge in [-0.15, -0.1) is 20.5 Å². The van der Waals surface area contributed by atoms with Crippen LogP contribution in [0.25, 0.3) is 0 Å². The molecule has 0 bridgehead atoms. The SMILES string of the molecule is CN1CCN(C)CCN(C)CCN(C)CCN(C)CC1.[Co+2].[O-][Cl+3]([O-])([O-])[O-].[O-][Cl+3]([O-])([O-])[O-]. The van der Waals surface area contributed by atoms with E-state index in [2.05, 4.69) is 59.7 Å². The fraction of sp³-hybridized carbons (Fsp3) is 1.00. The van der Waals surface area contributed by atoms with Crippen molar-refractivity contribution < 1.29 is 74.5 Å². The Morgan fingerprint density at radius 2 is 0.419 bits per heavy atom. The van der Waals surface area contributed by atoms with Crippen LogP contribution in [0.15, 0.2) is 0 Å².